The lowest BCUT2D eigenvalue weighted by molar-refractivity contribution is -0.126. The van der Waals surface area contributed by atoms with Crippen LogP contribution in [0.15, 0.2) is 29.0 Å². The number of H-pyrrole nitrogens is 1. The van der Waals surface area contributed by atoms with Crippen molar-refractivity contribution in [3.63, 3.8) is 0 Å². The molecule has 5 rings (SSSR count). The molecule has 1 saturated carbocycles. The van der Waals surface area contributed by atoms with E-state index in [-0.39, 0.29) is 29.8 Å². The van der Waals surface area contributed by atoms with Crippen molar-refractivity contribution < 1.29 is 14.3 Å². The van der Waals surface area contributed by atoms with Crippen LogP contribution in [0.2, 0.25) is 0 Å². The van der Waals surface area contributed by atoms with Crippen LogP contribution in [0.4, 0.5) is 0 Å². The van der Waals surface area contributed by atoms with Crippen LogP contribution in [-0.4, -0.2) is 68.5 Å². The number of hydrogen-bond donors (Lipinski definition) is 2. The molecule has 1 aliphatic heterocycles. The molecule has 0 atom stereocenters. The average molecular weight is 540 g/mol. The number of pyridine rings is 1. The number of amides is 2. The van der Waals surface area contributed by atoms with Gasteiger partial charge >= 0.3 is 0 Å². The van der Waals surface area contributed by atoms with Gasteiger partial charge in [0.15, 0.2) is 0 Å². The molecular formula is C27H37N7O3S. The Kier molecular flexibility index (Phi) is 8.53. The summed E-state index contributed by atoms with van der Waals surface area (Å²) in [7, 11) is 0. The van der Waals surface area contributed by atoms with Gasteiger partial charge in [0.1, 0.15) is 11.5 Å². The number of imidazole rings is 1. The normalized spacial score (nSPS) is 21.2. The molecule has 204 valence electrons. The van der Waals surface area contributed by atoms with Crippen molar-refractivity contribution in [2.75, 3.05) is 26.2 Å². The summed E-state index contributed by atoms with van der Waals surface area (Å²) in [4.78, 5) is 44.7. The number of thiazole rings is 1. The van der Waals surface area contributed by atoms with Crippen LogP contribution in [0.5, 0.6) is 5.88 Å². The fourth-order valence-electron chi connectivity index (χ4n) is 5.48. The average Bonchev–Trinajstić information content (AvgIpc) is 3.57. The fraction of sp³-hybridized carbons (Fsp3) is 0.593. The minimum atomic E-state index is -0.330. The number of rotatable bonds is 8. The van der Waals surface area contributed by atoms with E-state index in [1.54, 1.807) is 11.7 Å². The van der Waals surface area contributed by atoms with Gasteiger partial charge < -0.3 is 19.6 Å². The van der Waals surface area contributed by atoms with Crippen LogP contribution in [0, 0.1) is 5.92 Å². The summed E-state index contributed by atoms with van der Waals surface area (Å²) in [5.41, 5.74) is 3.81. The summed E-state index contributed by atoms with van der Waals surface area (Å²) in [6.07, 6.45) is 10.3. The van der Waals surface area contributed by atoms with E-state index in [1.807, 2.05) is 19.9 Å². The highest BCUT2D eigenvalue weighted by Gasteiger charge is 2.29. The number of nitrogens with zero attached hydrogens (tertiary/aromatic N) is 5. The summed E-state index contributed by atoms with van der Waals surface area (Å²) in [5, 5.41) is 3.05. The molecule has 2 fully saturated rings. The maximum Gasteiger partial charge on any atom is 0.291 e. The lowest BCUT2D eigenvalue weighted by Crippen LogP contribution is -2.38. The van der Waals surface area contributed by atoms with E-state index in [0.717, 1.165) is 56.4 Å². The third-order valence-electron chi connectivity index (χ3n) is 7.41. The van der Waals surface area contributed by atoms with Crippen molar-refractivity contribution in [2.45, 2.75) is 70.9 Å². The number of hydrogen-bond acceptors (Lipinski definition) is 7. The number of carbonyl (C=O) groups excluding carboxylic acids is 2. The van der Waals surface area contributed by atoms with E-state index < -0.39 is 0 Å². The molecule has 2 amide bonds. The van der Waals surface area contributed by atoms with Gasteiger partial charge in [-0.05, 0) is 65.5 Å². The first-order valence-electron chi connectivity index (χ1n) is 13.7. The molecular weight excluding hydrogens is 502 g/mol. The van der Waals surface area contributed by atoms with Gasteiger partial charge in [-0.1, -0.05) is 6.42 Å². The van der Waals surface area contributed by atoms with Gasteiger partial charge in [-0.25, -0.2) is 4.98 Å². The Hall–Kier alpha value is -3.05. The van der Waals surface area contributed by atoms with Gasteiger partial charge in [0, 0.05) is 30.6 Å². The van der Waals surface area contributed by atoms with E-state index in [0.29, 0.717) is 23.0 Å². The number of fused-ring (bicyclic) bond motifs is 1. The Morgan fingerprint density at radius 2 is 1.97 bits per heavy atom. The van der Waals surface area contributed by atoms with Crippen molar-refractivity contribution in [1.29, 1.82) is 0 Å². The zero-order valence-corrected chi connectivity index (χ0v) is 23.0. The monoisotopic (exact) mass is 539 g/mol. The predicted molar refractivity (Wildman–Crippen MR) is 146 cm³/mol. The van der Waals surface area contributed by atoms with Gasteiger partial charge in [-0.2, -0.15) is 4.99 Å². The van der Waals surface area contributed by atoms with Crippen molar-refractivity contribution in [3.8, 4) is 5.88 Å². The molecule has 0 aromatic carbocycles. The summed E-state index contributed by atoms with van der Waals surface area (Å²) in [5.74, 6) is 0.367. The van der Waals surface area contributed by atoms with Gasteiger partial charge in [0.2, 0.25) is 17.4 Å². The molecule has 0 unspecified atom stereocenters. The summed E-state index contributed by atoms with van der Waals surface area (Å²) in [6.45, 7) is 7.70. The van der Waals surface area contributed by atoms with E-state index in [1.165, 1.54) is 36.8 Å². The first-order valence-corrected chi connectivity index (χ1v) is 14.6. The molecule has 4 heterocycles. The van der Waals surface area contributed by atoms with E-state index in [2.05, 4.69) is 34.7 Å². The molecule has 1 saturated heterocycles. The van der Waals surface area contributed by atoms with Gasteiger partial charge in [-0.15, -0.1) is 11.3 Å². The van der Waals surface area contributed by atoms with Gasteiger partial charge in [-0.3, -0.25) is 19.5 Å². The highest BCUT2D eigenvalue weighted by atomic mass is 32.1. The Bertz CT molecular complexity index is 1300. The first kappa shape index (κ1) is 26.6. The molecule has 3 aromatic rings. The lowest BCUT2D eigenvalue weighted by Gasteiger charge is -2.29. The number of ether oxygens (including phenoxy) is 1. The van der Waals surface area contributed by atoms with E-state index in [4.69, 9.17) is 4.74 Å². The Morgan fingerprint density at radius 1 is 1.18 bits per heavy atom. The molecule has 0 radical (unpaired) electrons. The maximum atomic E-state index is 12.9. The van der Waals surface area contributed by atoms with Crippen LogP contribution in [0.25, 0.3) is 11.0 Å². The molecule has 38 heavy (non-hydrogen) atoms. The number of aromatic nitrogens is 4. The Balaban J connectivity index is 1.39. The highest BCUT2D eigenvalue weighted by Crippen LogP contribution is 2.33. The molecule has 2 aliphatic rings. The lowest BCUT2D eigenvalue weighted by atomic mass is 9.85. The second kappa shape index (κ2) is 12.2. The second-order valence-electron chi connectivity index (χ2n) is 10.6. The fourth-order valence-corrected chi connectivity index (χ4v) is 5.98. The quantitative estimate of drug-likeness (QED) is 0.451. The molecule has 0 bridgehead atoms. The van der Waals surface area contributed by atoms with E-state index in [9.17, 15) is 9.59 Å². The van der Waals surface area contributed by atoms with Crippen LogP contribution in [-0.2, 0) is 4.79 Å². The molecule has 2 N–H and O–H groups in total. The largest absolute Gasteiger partial charge is 0.476 e. The number of piperidine rings is 1. The summed E-state index contributed by atoms with van der Waals surface area (Å²) >= 11 is 1.27. The van der Waals surface area contributed by atoms with Crippen molar-refractivity contribution >= 4 is 34.2 Å². The number of likely N-dealkylation sites (tertiary alicyclic amines) is 1. The van der Waals surface area contributed by atoms with Crippen LogP contribution in [0.3, 0.4) is 0 Å². The summed E-state index contributed by atoms with van der Waals surface area (Å²) in [6, 6.07) is 2.17. The van der Waals surface area contributed by atoms with Gasteiger partial charge in [0.25, 0.3) is 5.91 Å². The van der Waals surface area contributed by atoms with Crippen LogP contribution >= 0.6 is 11.3 Å². The van der Waals surface area contributed by atoms with Gasteiger partial charge in [0.05, 0.1) is 28.9 Å². The smallest absolute Gasteiger partial charge is 0.291 e. The number of carbonyl (C=O) groups is 2. The zero-order chi connectivity index (χ0) is 26.5. The molecule has 10 nitrogen and oxygen atoms in total. The Labute approximate surface area is 226 Å². The molecule has 1 aliphatic carbocycles. The van der Waals surface area contributed by atoms with E-state index >= 15 is 0 Å². The zero-order valence-electron chi connectivity index (χ0n) is 22.2. The molecule has 0 spiro atoms. The minimum absolute atomic E-state index is 0.00835. The number of aromatic amines is 1. The van der Waals surface area contributed by atoms with Crippen LogP contribution in [0.1, 0.15) is 74.5 Å². The van der Waals surface area contributed by atoms with Crippen LogP contribution < -0.4 is 15.7 Å². The maximum absolute atomic E-state index is 12.9. The van der Waals surface area contributed by atoms with Crippen molar-refractivity contribution in [3.05, 3.63) is 34.5 Å². The van der Waals surface area contributed by atoms with Crippen molar-refractivity contribution in [2.24, 2.45) is 10.9 Å². The number of nitrogens with one attached hydrogen (secondary N) is 2. The highest BCUT2D eigenvalue weighted by molar-refractivity contribution is 7.11. The Morgan fingerprint density at radius 3 is 2.68 bits per heavy atom. The first-order chi connectivity index (χ1) is 18.5. The predicted octanol–water partition coefficient (Wildman–Crippen LogP) is 3.68. The standard InChI is InChI=1S/C27H37N7O3S/c1-18(2)30-25(35)19-6-8-20(9-7-19)34-22-14-24(37-13-12-33-10-4-3-5-11-33)29-15-21(22)31-27(34)32-26(36)23-16-28-17-38-23/h14-20H,3-13H2,1-2H3,(H,30,35)(H,31,32,36). The van der Waals surface area contributed by atoms with Crippen molar-refractivity contribution in [1.82, 2.24) is 29.7 Å². The third kappa shape index (κ3) is 6.32. The second-order valence-corrected chi connectivity index (χ2v) is 11.4. The third-order valence-corrected chi connectivity index (χ3v) is 8.17. The minimum Gasteiger partial charge on any atom is -0.476 e. The molecule has 3 aromatic heterocycles. The SMILES string of the molecule is CC(C)NC(=O)C1CCC(n2/c(=N/C(=O)c3cncs3)[nH]c3cnc(OCCN4CCCCC4)cc32)CC1. The summed E-state index contributed by atoms with van der Waals surface area (Å²) < 4.78 is 8.16. The topological polar surface area (TPSA) is 117 Å². The molecule has 11 heteroatoms.